The van der Waals surface area contributed by atoms with Gasteiger partial charge in [0, 0.05) is 20.1 Å². The number of rotatable bonds is 20. The molecule has 4 heteroatoms. The van der Waals surface area contributed by atoms with Crippen molar-refractivity contribution in [3.63, 3.8) is 0 Å². The molecule has 42 heavy (non-hydrogen) atoms. The lowest BCUT2D eigenvalue weighted by Gasteiger charge is -2.15. The number of hydrogen-bond acceptors (Lipinski definition) is 2. The summed E-state index contributed by atoms with van der Waals surface area (Å²) in [6.45, 7) is 5.96. The molecule has 0 radical (unpaired) electrons. The van der Waals surface area contributed by atoms with Crippen molar-refractivity contribution in [2.45, 2.75) is 90.9 Å². The van der Waals surface area contributed by atoms with Gasteiger partial charge in [0.1, 0.15) is 11.5 Å². The second kappa shape index (κ2) is 20.6. The molecule has 0 aromatic heterocycles. The number of halogens is 2. The van der Waals surface area contributed by atoms with Gasteiger partial charge < -0.3 is 9.47 Å². The Kier molecular flexibility index (Phi) is 16.8. The third-order valence-corrected chi connectivity index (χ3v) is 8.36. The first-order valence-electron chi connectivity index (χ1n) is 15.9. The summed E-state index contributed by atoms with van der Waals surface area (Å²) in [5, 5.41) is 0. The van der Waals surface area contributed by atoms with E-state index in [1.54, 1.807) is 0 Å². The highest BCUT2D eigenvalue weighted by atomic mass is 79.9. The zero-order chi connectivity index (χ0) is 29.8. The summed E-state index contributed by atoms with van der Waals surface area (Å²) in [5.41, 5.74) is 4.38. The topological polar surface area (TPSA) is 18.5 Å². The van der Waals surface area contributed by atoms with Crippen molar-refractivity contribution in [1.82, 2.24) is 0 Å². The van der Waals surface area contributed by atoms with E-state index in [9.17, 15) is 0 Å². The monoisotopic (exact) mass is 694 g/mol. The third-order valence-electron chi connectivity index (χ3n) is 7.30. The Morgan fingerprint density at radius 3 is 1.21 bits per heavy atom. The first-order chi connectivity index (χ1) is 20.6. The van der Waals surface area contributed by atoms with Gasteiger partial charge in [-0.05, 0) is 60.4 Å². The molecule has 0 atom stereocenters. The molecular weight excluding hydrogens is 648 g/mol. The van der Waals surface area contributed by atoms with E-state index in [2.05, 4.69) is 131 Å². The minimum absolute atomic E-state index is 0.721. The predicted molar refractivity (Wildman–Crippen MR) is 190 cm³/mol. The second-order valence-corrected chi connectivity index (χ2v) is 12.8. The molecule has 0 saturated heterocycles. The zero-order valence-corrected chi connectivity index (χ0v) is 28.7. The molecule has 0 aliphatic heterocycles. The Hall–Kier alpha value is -2.30. The zero-order valence-electron chi connectivity index (χ0n) is 25.6. The Labute approximate surface area is 271 Å². The summed E-state index contributed by atoms with van der Waals surface area (Å²) in [6.07, 6.45) is 23.5. The first-order valence-corrected chi connectivity index (χ1v) is 17.5. The van der Waals surface area contributed by atoms with Gasteiger partial charge in [-0.15, -0.1) is 0 Å². The minimum atomic E-state index is 0.721. The third kappa shape index (κ3) is 13.3. The maximum atomic E-state index is 6.44. The molecule has 0 aliphatic carbocycles. The number of benzene rings is 3. The molecule has 0 N–H and O–H groups in total. The van der Waals surface area contributed by atoms with Crippen LogP contribution in [0.15, 0.2) is 69.6 Å². The SMILES string of the molecule is CCCCCCCCOc1cc(/C=C/c2ccc(Br)cc2)c(OCCCCCCCC)cc1/C=C/c1ccc(Br)cc1. The van der Waals surface area contributed by atoms with Crippen molar-refractivity contribution in [2.75, 3.05) is 13.2 Å². The average Bonchev–Trinajstić information content (AvgIpc) is 3.00. The number of ether oxygens (including phenoxy) is 2. The normalized spacial score (nSPS) is 11.5. The van der Waals surface area contributed by atoms with Crippen LogP contribution in [0.2, 0.25) is 0 Å². The van der Waals surface area contributed by atoms with Crippen molar-refractivity contribution in [2.24, 2.45) is 0 Å². The van der Waals surface area contributed by atoms with E-state index in [1.807, 2.05) is 0 Å². The van der Waals surface area contributed by atoms with Gasteiger partial charge in [-0.2, -0.15) is 0 Å². The van der Waals surface area contributed by atoms with Crippen molar-refractivity contribution in [3.8, 4) is 11.5 Å². The lowest BCUT2D eigenvalue weighted by Crippen LogP contribution is -2.03. The van der Waals surface area contributed by atoms with E-state index >= 15 is 0 Å². The summed E-state index contributed by atoms with van der Waals surface area (Å²) in [4.78, 5) is 0. The smallest absolute Gasteiger partial charge is 0.127 e. The molecule has 226 valence electrons. The molecular formula is C38H48Br2O2. The maximum absolute atomic E-state index is 6.44. The summed E-state index contributed by atoms with van der Waals surface area (Å²) >= 11 is 7.08. The summed E-state index contributed by atoms with van der Waals surface area (Å²) in [6, 6.07) is 21.0. The fraction of sp³-hybridized carbons (Fsp3) is 0.421. The van der Waals surface area contributed by atoms with Crippen LogP contribution in [0.25, 0.3) is 24.3 Å². The Morgan fingerprint density at radius 2 is 0.833 bits per heavy atom. The van der Waals surface area contributed by atoms with Gasteiger partial charge in [-0.25, -0.2) is 0 Å². The second-order valence-electron chi connectivity index (χ2n) is 10.9. The lowest BCUT2D eigenvalue weighted by molar-refractivity contribution is 0.295. The van der Waals surface area contributed by atoms with E-state index < -0.39 is 0 Å². The largest absolute Gasteiger partial charge is 0.493 e. The summed E-state index contributed by atoms with van der Waals surface area (Å²) in [7, 11) is 0. The maximum Gasteiger partial charge on any atom is 0.127 e. The van der Waals surface area contributed by atoms with Crippen molar-refractivity contribution >= 4 is 56.2 Å². The van der Waals surface area contributed by atoms with Crippen LogP contribution in [0.4, 0.5) is 0 Å². The molecule has 0 bridgehead atoms. The molecule has 0 amide bonds. The predicted octanol–water partition coefficient (Wildman–Crippen LogP) is 13.0. The average molecular weight is 697 g/mol. The summed E-state index contributed by atoms with van der Waals surface area (Å²) in [5.74, 6) is 1.80. The van der Waals surface area contributed by atoms with Gasteiger partial charge in [0.15, 0.2) is 0 Å². The molecule has 2 nitrogen and oxygen atoms in total. The highest BCUT2D eigenvalue weighted by molar-refractivity contribution is 9.10. The van der Waals surface area contributed by atoms with Gasteiger partial charge >= 0.3 is 0 Å². The first kappa shape index (κ1) is 34.2. The summed E-state index contributed by atoms with van der Waals surface area (Å²) < 4.78 is 15.0. The molecule has 3 rings (SSSR count). The Morgan fingerprint density at radius 1 is 0.476 bits per heavy atom. The number of hydrogen-bond donors (Lipinski definition) is 0. The van der Waals surface area contributed by atoms with Crippen LogP contribution in [0.1, 0.15) is 113 Å². The lowest BCUT2D eigenvalue weighted by atomic mass is 10.0. The molecule has 0 aliphatic rings. The van der Waals surface area contributed by atoms with E-state index in [1.165, 1.54) is 64.2 Å². The van der Waals surface area contributed by atoms with Crippen LogP contribution in [0.5, 0.6) is 11.5 Å². The molecule has 3 aromatic carbocycles. The Balaban J connectivity index is 1.83. The van der Waals surface area contributed by atoms with E-state index in [4.69, 9.17) is 9.47 Å². The highest BCUT2D eigenvalue weighted by Gasteiger charge is 2.10. The number of unbranched alkanes of at least 4 members (excludes halogenated alkanes) is 10. The molecule has 3 aromatic rings. The van der Waals surface area contributed by atoms with Crippen molar-refractivity contribution < 1.29 is 9.47 Å². The fourth-order valence-corrected chi connectivity index (χ4v) is 5.28. The van der Waals surface area contributed by atoms with Crippen molar-refractivity contribution in [1.29, 1.82) is 0 Å². The van der Waals surface area contributed by atoms with Gasteiger partial charge in [0.05, 0.1) is 13.2 Å². The highest BCUT2D eigenvalue weighted by Crippen LogP contribution is 2.33. The van der Waals surface area contributed by atoms with Crippen LogP contribution < -0.4 is 9.47 Å². The van der Waals surface area contributed by atoms with Crippen LogP contribution in [-0.2, 0) is 0 Å². The van der Waals surface area contributed by atoms with Gasteiger partial charge in [-0.1, -0.05) is 158 Å². The quantitative estimate of drug-likeness (QED) is 0.0865. The molecule has 0 fully saturated rings. The van der Waals surface area contributed by atoms with Gasteiger partial charge in [-0.3, -0.25) is 0 Å². The molecule has 0 saturated carbocycles. The molecule has 0 unspecified atom stereocenters. The Bertz CT molecular complexity index is 1120. The van der Waals surface area contributed by atoms with Gasteiger partial charge in [0.2, 0.25) is 0 Å². The van der Waals surface area contributed by atoms with Crippen LogP contribution in [-0.4, -0.2) is 13.2 Å². The fourth-order valence-electron chi connectivity index (χ4n) is 4.75. The van der Waals surface area contributed by atoms with Crippen LogP contribution >= 0.6 is 31.9 Å². The van der Waals surface area contributed by atoms with Crippen LogP contribution in [0, 0.1) is 0 Å². The standard InChI is InChI=1S/C38H48Br2O2/c1-3-5-7-9-11-13-27-41-37-29-34(22-16-32-19-25-36(40)26-20-32)38(42-28-14-12-10-8-6-4-2)30-33(37)21-15-31-17-23-35(39)24-18-31/h15-26,29-30H,3-14,27-28H2,1-2H3/b21-15+,22-16+. The van der Waals surface area contributed by atoms with E-state index in [0.29, 0.717) is 0 Å². The minimum Gasteiger partial charge on any atom is -0.493 e. The van der Waals surface area contributed by atoms with E-state index in [0.717, 1.165) is 68.8 Å². The molecule has 0 spiro atoms. The molecule has 0 heterocycles. The van der Waals surface area contributed by atoms with Gasteiger partial charge in [0.25, 0.3) is 0 Å². The van der Waals surface area contributed by atoms with E-state index in [-0.39, 0.29) is 0 Å². The van der Waals surface area contributed by atoms with Crippen LogP contribution in [0.3, 0.4) is 0 Å². The van der Waals surface area contributed by atoms with Crippen molar-refractivity contribution in [3.05, 3.63) is 91.9 Å².